The zero-order valence-corrected chi connectivity index (χ0v) is 12.1. The third kappa shape index (κ3) is 4.01. The van der Waals surface area contributed by atoms with Crippen LogP contribution >= 0.6 is 11.8 Å². The number of ether oxygens (including phenoxy) is 1. The van der Waals surface area contributed by atoms with E-state index in [4.69, 9.17) is 4.74 Å². The molecular formula is C15H23NOS. The normalized spacial score (nSPS) is 21.1. The van der Waals surface area contributed by atoms with Crippen LogP contribution in [-0.2, 0) is 4.74 Å². The molecule has 2 atom stereocenters. The van der Waals surface area contributed by atoms with Gasteiger partial charge >= 0.3 is 0 Å². The van der Waals surface area contributed by atoms with E-state index >= 15 is 0 Å². The summed E-state index contributed by atoms with van der Waals surface area (Å²) < 4.78 is 5.65. The SMILES string of the molecule is CNC(CSCC1CCCO1)c1cccc(C)c1. The van der Waals surface area contributed by atoms with E-state index in [2.05, 4.69) is 36.5 Å². The highest BCUT2D eigenvalue weighted by molar-refractivity contribution is 7.99. The van der Waals surface area contributed by atoms with Crippen molar-refractivity contribution in [1.82, 2.24) is 5.32 Å². The minimum Gasteiger partial charge on any atom is -0.377 e. The molecule has 18 heavy (non-hydrogen) atoms. The molecule has 1 aliphatic heterocycles. The first-order valence-corrected chi connectivity index (χ1v) is 7.88. The van der Waals surface area contributed by atoms with Crippen molar-refractivity contribution in [2.45, 2.75) is 31.9 Å². The first kappa shape index (κ1) is 13.9. The molecule has 0 bridgehead atoms. The number of hydrogen-bond acceptors (Lipinski definition) is 3. The zero-order chi connectivity index (χ0) is 12.8. The van der Waals surface area contributed by atoms with Crippen molar-refractivity contribution in [2.75, 3.05) is 25.2 Å². The molecule has 2 unspecified atom stereocenters. The Morgan fingerprint density at radius 2 is 2.39 bits per heavy atom. The van der Waals surface area contributed by atoms with E-state index < -0.39 is 0 Å². The molecule has 0 amide bonds. The van der Waals surface area contributed by atoms with Crippen LogP contribution < -0.4 is 5.32 Å². The van der Waals surface area contributed by atoms with Gasteiger partial charge in [-0.1, -0.05) is 29.8 Å². The predicted molar refractivity (Wildman–Crippen MR) is 79.3 cm³/mol. The molecule has 0 saturated carbocycles. The van der Waals surface area contributed by atoms with Gasteiger partial charge < -0.3 is 10.1 Å². The number of aryl methyl sites for hydroxylation is 1. The third-order valence-corrected chi connectivity index (χ3v) is 4.58. The van der Waals surface area contributed by atoms with Gasteiger partial charge in [0.1, 0.15) is 0 Å². The molecule has 1 heterocycles. The zero-order valence-electron chi connectivity index (χ0n) is 11.3. The van der Waals surface area contributed by atoms with Crippen LogP contribution in [0.5, 0.6) is 0 Å². The molecule has 100 valence electrons. The fourth-order valence-corrected chi connectivity index (χ4v) is 3.58. The van der Waals surface area contributed by atoms with Gasteiger partial charge in [0.05, 0.1) is 6.10 Å². The summed E-state index contributed by atoms with van der Waals surface area (Å²) in [5.41, 5.74) is 2.72. The van der Waals surface area contributed by atoms with Crippen molar-refractivity contribution in [3.63, 3.8) is 0 Å². The second-order valence-electron chi connectivity index (χ2n) is 4.93. The monoisotopic (exact) mass is 265 g/mol. The number of hydrogen-bond donors (Lipinski definition) is 1. The summed E-state index contributed by atoms with van der Waals surface area (Å²) in [6, 6.07) is 9.21. The van der Waals surface area contributed by atoms with Crippen LogP contribution in [0.1, 0.15) is 30.0 Å². The number of thioether (sulfide) groups is 1. The Balaban J connectivity index is 1.81. The Bertz CT molecular complexity index is 363. The fraction of sp³-hybridized carbons (Fsp3) is 0.600. The van der Waals surface area contributed by atoms with Gasteiger partial charge in [-0.3, -0.25) is 0 Å². The van der Waals surface area contributed by atoms with E-state index in [1.807, 2.05) is 18.8 Å². The Labute approximate surface area is 114 Å². The highest BCUT2D eigenvalue weighted by atomic mass is 32.2. The molecule has 1 aromatic carbocycles. The van der Waals surface area contributed by atoms with Gasteiger partial charge in [0.15, 0.2) is 0 Å². The van der Waals surface area contributed by atoms with Crippen LogP contribution in [-0.4, -0.2) is 31.3 Å². The Hall–Kier alpha value is -0.510. The van der Waals surface area contributed by atoms with Gasteiger partial charge in [-0.25, -0.2) is 0 Å². The van der Waals surface area contributed by atoms with Crippen molar-refractivity contribution in [3.05, 3.63) is 35.4 Å². The summed E-state index contributed by atoms with van der Waals surface area (Å²) >= 11 is 2.00. The summed E-state index contributed by atoms with van der Waals surface area (Å²) in [5.74, 6) is 2.24. The van der Waals surface area contributed by atoms with Crippen LogP contribution in [0.4, 0.5) is 0 Å². The second kappa shape index (κ2) is 7.17. The minimum atomic E-state index is 0.441. The molecule has 0 spiro atoms. The van der Waals surface area contributed by atoms with Crippen molar-refractivity contribution >= 4 is 11.8 Å². The molecule has 1 N–H and O–H groups in total. The Morgan fingerprint density at radius 1 is 1.50 bits per heavy atom. The van der Waals surface area contributed by atoms with Gasteiger partial charge in [-0.05, 0) is 32.4 Å². The number of rotatable bonds is 6. The topological polar surface area (TPSA) is 21.3 Å². The average molecular weight is 265 g/mol. The highest BCUT2D eigenvalue weighted by Crippen LogP contribution is 2.22. The lowest BCUT2D eigenvalue weighted by Crippen LogP contribution is -2.20. The van der Waals surface area contributed by atoms with E-state index in [-0.39, 0.29) is 0 Å². The lowest BCUT2D eigenvalue weighted by Gasteiger charge is -2.18. The van der Waals surface area contributed by atoms with Gasteiger partial charge in [0.25, 0.3) is 0 Å². The van der Waals surface area contributed by atoms with Gasteiger partial charge in [-0.2, -0.15) is 11.8 Å². The molecule has 1 aliphatic rings. The smallest absolute Gasteiger partial charge is 0.0666 e. The third-order valence-electron chi connectivity index (χ3n) is 3.41. The van der Waals surface area contributed by atoms with E-state index in [1.165, 1.54) is 24.0 Å². The Kier molecular flexibility index (Phi) is 5.54. The summed E-state index contributed by atoms with van der Waals surface area (Å²) in [4.78, 5) is 0. The second-order valence-corrected chi connectivity index (χ2v) is 6.00. The van der Waals surface area contributed by atoms with Crippen LogP contribution in [0, 0.1) is 6.92 Å². The van der Waals surface area contributed by atoms with Crippen molar-refractivity contribution < 1.29 is 4.74 Å². The van der Waals surface area contributed by atoms with Gasteiger partial charge in [0, 0.05) is 24.2 Å². The molecule has 0 aliphatic carbocycles. The standard InChI is InChI=1S/C15H23NOS/c1-12-5-3-6-13(9-12)15(16-2)11-18-10-14-7-4-8-17-14/h3,5-6,9,14-16H,4,7-8,10-11H2,1-2H3. The summed E-state index contributed by atoms with van der Waals surface area (Å²) in [6.07, 6.45) is 2.96. The first-order valence-electron chi connectivity index (χ1n) is 6.73. The van der Waals surface area contributed by atoms with Crippen LogP contribution in [0.2, 0.25) is 0 Å². The summed E-state index contributed by atoms with van der Waals surface area (Å²) in [5, 5.41) is 3.41. The van der Waals surface area contributed by atoms with Gasteiger partial charge in [-0.15, -0.1) is 0 Å². The molecule has 1 saturated heterocycles. The molecule has 1 aromatic rings. The highest BCUT2D eigenvalue weighted by Gasteiger charge is 2.16. The Morgan fingerprint density at radius 3 is 3.06 bits per heavy atom. The van der Waals surface area contributed by atoms with Crippen molar-refractivity contribution in [3.8, 4) is 0 Å². The quantitative estimate of drug-likeness (QED) is 0.853. The molecular weight excluding hydrogens is 242 g/mol. The average Bonchev–Trinajstić information content (AvgIpc) is 2.88. The molecule has 2 nitrogen and oxygen atoms in total. The summed E-state index contributed by atoms with van der Waals surface area (Å²) in [6.45, 7) is 3.11. The van der Waals surface area contributed by atoms with Crippen molar-refractivity contribution in [1.29, 1.82) is 0 Å². The van der Waals surface area contributed by atoms with Gasteiger partial charge in [0.2, 0.25) is 0 Å². The van der Waals surface area contributed by atoms with Crippen LogP contribution in [0.25, 0.3) is 0 Å². The molecule has 0 radical (unpaired) electrons. The number of benzene rings is 1. The summed E-state index contributed by atoms with van der Waals surface area (Å²) in [7, 11) is 2.04. The maximum absolute atomic E-state index is 5.65. The molecule has 2 rings (SSSR count). The van der Waals surface area contributed by atoms with E-state index in [1.54, 1.807) is 0 Å². The lowest BCUT2D eigenvalue weighted by molar-refractivity contribution is 0.129. The van der Waals surface area contributed by atoms with E-state index in [0.717, 1.165) is 18.1 Å². The molecule has 0 aromatic heterocycles. The van der Waals surface area contributed by atoms with Crippen LogP contribution in [0.15, 0.2) is 24.3 Å². The fourth-order valence-electron chi connectivity index (χ4n) is 2.33. The largest absolute Gasteiger partial charge is 0.377 e. The van der Waals surface area contributed by atoms with E-state index in [0.29, 0.717) is 12.1 Å². The maximum atomic E-state index is 5.65. The lowest BCUT2D eigenvalue weighted by atomic mass is 10.1. The minimum absolute atomic E-state index is 0.441. The van der Waals surface area contributed by atoms with E-state index in [9.17, 15) is 0 Å². The number of nitrogens with one attached hydrogen (secondary N) is 1. The molecule has 3 heteroatoms. The molecule has 1 fully saturated rings. The van der Waals surface area contributed by atoms with Crippen LogP contribution in [0.3, 0.4) is 0 Å². The van der Waals surface area contributed by atoms with Crippen molar-refractivity contribution in [2.24, 2.45) is 0 Å². The first-order chi connectivity index (χ1) is 8.79. The maximum Gasteiger partial charge on any atom is 0.0666 e. The predicted octanol–water partition coefficient (Wildman–Crippen LogP) is 3.17.